The van der Waals surface area contributed by atoms with Crippen molar-refractivity contribution in [2.24, 2.45) is 0 Å². The van der Waals surface area contributed by atoms with Gasteiger partial charge in [0.15, 0.2) is 0 Å². The molecule has 1 amide bonds. The smallest absolute Gasteiger partial charge is 0.295 e. The number of hydrogen-bond acceptors (Lipinski definition) is 6. The van der Waals surface area contributed by atoms with E-state index in [1.54, 1.807) is 48.8 Å². The van der Waals surface area contributed by atoms with E-state index in [0.717, 1.165) is 16.8 Å². The van der Waals surface area contributed by atoms with Gasteiger partial charge in [0.1, 0.15) is 11.5 Å². The molecule has 2 heterocycles. The molecule has 0 bridgehead atoms. The Kier molecular flexibility index (Phi) is 6.87. The number of nitrogens with zero attached hydrogens (tertiary/aromatic N) is 3. The van der Waals surface area contributed by atoms with E-state index >= 15 is 0 Å². The van der Waals surface area contributed by atoms with Crippen LogP contribution in [0.1, 0.15) is 36.6 Å². The van der Waals surface area contributed by atoms with Gasteiger partial charge < -0.3 is 19.6 Å². The number of Topliss-reactive ketones (excluding diaryl/α,β-unsaturated/α-hetero) is 1. The van der Waals surface area contributed by atoms with Crippen LogP contribution in [0.15, 0.2) is 78.6 Å². The van der Waals surface area contributed by atoms with Crippen LogP contribution in [0.25, 0.3) is 5.76 Å². The summed E-state index contributed by atoms with van der Waals surface area (Å²) < 4.78 is 5.68. The maximum absolute atomic E-state index is 13.2. The van der Waals surface area contributed by atoms with E-state index in [4.69, 9.17) is 4.74 Å². The van der Waals surface area contributed by atoms with Crippen molar-refractivity contribution in [2.45, 2.75) is 32.5 Å². The lowest BCUT2D eigenvalue weighted by atomic mass is 9.95. The van der Waals surface area contributed by atoms with Crippen molar-refractivity contribution in [2.75, 3.05) is 19.0 Å². The summed E-state index contributed by atoms with van der Waals surface area (Å²) in [5, 5.41) is 11.3. The number of carbonyl (C=O) groups is 2. The van der Waals surface area contributed by atoms with Crippen molar-refractivity contribution in [3.63, 3.8) is 0 Å². The van der Waals surface area contributed by atoms with Crippen LogP contribution < -0.4 is 9.64 Å². The van der Waals surface area contributed by atoms with Crippen LogP contribution in [0.2, 0.25) is 0 Å². The Morgan fingerprint density at radius 2 is 1.63 bits per heavy atom. The van der Waals surface area contributed by atoms with Gasteiger partial charge in [-0.3, -0.25) is 14.6 Å². The molecule has 1 atom stereocenters. The van der Waals surface area contributed by atoms with Gasteiger partial charge in [0, 0.05) is 44.3 Å². The summed E-state index contributed by atoms with van der Waals surface area (Å²) in [6.45, 7) is 4.07. The topological polar surface area (TPSA) is 83.0 Å². The second-order valence-electron chi connectivity index (χ2n) is 8.96. The number of aliphatic hydroxyl groups is 1. The third kappa shape index (κ3) is 5.04. The number of aromatic nitrogens is 1. The second kappa shape index (κ2) is 10.0. The zero-order valence-corrected chi connectivity index (χ0v) is 20.3. The molecule has 7 heteroatoms. The minimum atomic E-state index is -0.731. The van der Waals surface area contributed by atoms with Gasteiger partial charge in [0.2, 0.25) is 0 Å². The molecule has 0 aliphatic carbocycles. The van der Waals surface area contributed by atoms with Crippen molar-refractivity contribution < 1.29 is 19.4 Å². The normalized spacial score (nSPS) is 17.2. The molecule has 2 aromatic carbocycles. The summed E-state index contributed by atoms with van der Waals surface area (Å²) >= 11 is 0. The summed E-state index contributed by atoms with van der Waals surface area (Å²) in [7, 11) is 3.88. The molecule has 0 radical (unpaired) electrons. The predicted octanol–water partition coefficient (Wildman–Crippen LogP) is 4.56. The number of ketones is 1. The van der Waals surface area contributed by atoms with Crippen LogP contribution in [0.3, 0.4) is 0 Å². The molecule has 7 nitrogen and oxygen atoms in total. The molecule has 1 unspecified atom stereocenters. The third-order valence-electron chi connectivity index (χ3n) is 5.87. The quantitative estimate of drug-likeness (QED) is 0.309. The summed E-state index contributed by atoms with van der Waals surface area (Å²) in [6, 6.07) is 17.4. The molecular formula is C28H29N3O4. The summed E-state index contributed by atoms with van der Waals surface area (Å²) in [6.07, 6.45) is 3.30. The highest BCUT2D eigenvalue weighted by Gasteiger charge is 2.46. The first kappa shape index (κ1) is 24.0. The molecule has 1 fully saturated rings. The van der Waals surface area contributed by atoms with Gasteiger partial charge in [0.05, 0.1) is 17.7 Å². The third-order valence-corrected chi connectivity index (χ3v) is 5.87. The Morgan fingerprint density at radius 1 is 1.00 bits per heavy atom. The van der Waals surface area contributed by atoms with E-state index < -0.39 is 17.7 Å². The monoisotopic (exact) mass is 471 g/mol. The van der Waals surface area contributed by atoms with Crippen LogP contribution in [-0.4, -0.2) is 46.9 Å². The SMILES string of the molecule is CC(C)Oc1ccc(/C(O)=C2/C(=O)C(=O)N(Cc3ccncc3)C2c2ccc(N(C)C)cc2)cc1. The largest absolute Gasteiger partial charge is 0.507 e. The fourth-order valence-electron chi connectivity index (χ4n) is 4.15. The van der Waals surface area contributed by atoms with Crippen molar-refractivity contribution in [1.29, 1.82) is 0 Å². The molecule has 1 N–H and O–H groups in total. The number of anilines is 1. The molecule has 4 rings (SSSR count). The standard InChI is InChI=1S/C28H29N3O4/c1-18(2)35-23-11-7-21(8-12-23)26(32)24-25(20-5-9-22(10-6-20)30(3)4)31(28(34)27(24)33)17-19-13-15-29-16-14-19/h5-16,18,25,32H,17H2,1-4H3/b26-24-. The highest BCUT2D eigenvalue weighted by atomic mass is 16.5. The Labute approximate surface area is 205 Å². The minimum absolute atomic E-state index is 0.0121. The number of pyridine rings is 1. The van der Waals surface area contributed by atoms with Gasteiger partial charge in [-0.2, -0.15) is 0 Å². The molecule has 0 spiro atoms. The minimum Gasteiger partial charge on any atom is -0.507 e. The van der Waals surface area contributed by atoms with Gasteiger partial charge >= 0.3 is 0 Å². The molecular weight excluding hydrogens is 442 g/mol. The lowest BCUT2D eigenvalue weighted by molar-refractivity contribution is -0.140. The van der Waals surface area contributed by atoms with Gasteiger partial charge in [-0.15, -0.1) is 0 Å². The Balaban J connectivity index is 1.80. The fourth-order valence-corrected chi connectivity index (χ4v) is 4.15. The molecule has 180 valence electrons. The summed E-state index contributed by atoms with van der Waals surface area (Å²) in [4.78, 5) is 33.9. The van der Waals surface area contributed by atoms with Crippen LogP contribution in [0.4, 0.5) is 5.69 Å². The molecule has 35 heavy (non-hydrogen) atoms. The zero-order chi connectivity index (χ0) is 25.1. The number of rotatable bonds is 7. The van der Waals surface area contributed by atoms with Gasteiger partial charge in [-0.05, 0) is 73.5 Å². The number of carbonyl (C=O) groups excluding carboxylic acids is 2. The highest BCUT2D eigenvalue weighted by Crippen LogP contribution is 2.40. The van der Waals surface area contributed by atoms with E-state index in [1.165, 1.54) is 4.90 Å². The lowest BCUT2D eigenvalue weighted by Gasteiger charge is -2.26. The van der Waals surface area contributed by atoms with E-state index in [2.05, 4.69) is 4.98 Å². The van der Waals surface area contributed by atoms with E-state index in [-0.39, 0.29) is 24.0 Å². The highest BCUT2D eigenvalue weighted by molar-refractivity contribution is 6.46. The molecule has 1 aliphatic heterocycles. The van der Waals surface area contributed by atoms with E-state index in [1.807, 2.05) is 57.1 Å². The van der Waals surface area contributed by atoms with E-state index in [9.17, 15) is 14.7 Å². The van der Waals surface area contributed by atoms with E-state index in [0.29, 0.717) is 11.3 Å². The number of benzene rings is 2. The molecule has 1 saturated heterocycles. The maximum atomic E-state index is 13.2. The van der Waals surface area contributed by atoms with Crippen molar-refractivity contribution in [3.8, 4) is 5.75 Å². The average Bonchev–Trinajstić information content (AvgIpc) is 3.09. The van der Waals surface area contributed by atoms with Gasteiger partial charge in [-0.1, -0.05) is 12.1 Å². The number of aliphatic hydroxyl groups excluding tert-OH is 1. The first-order chi connectivity index (χ1) is 16.8. The number of hydrogen-bond donors (Lipinski definition) is 1. The molecule has 0 saturated carbocycles. The molecule has 1 aromatic heterocycles. The number of ether oxygens (including phenoxy) is 1. The first-order valence-electron chi connectivity index (χ1n) is 11.5. The Hall–Kier alpha value is -4.13. The van der Waals surface area contributed by atoms with Crippen LogP contribution >= 0.6 is 0 Å². The van der Waals surface area contributed by atoms with Crippen LogP contribution in [0.5, 0.6) is 5.75 Å². The summed E-state index contributed by atoms with van der Waals surface area (Å²) in [5.41, 5.74) is 3.08. The maximum Gasteiger partial charge on any atom is 0.295 e. The summed E-state index contributed by atoms with van der Waals surface area (Å²) in [5.74, 6) is -0.908. The van der Waals surface area contributed by atoms with Crippen LogP contribution in [0, 0.1) is 0 Å². The second-order valence-corrected chi connectivity index (χ2v) is 8.96. The fraction of sp³-hybridized carbons (Fsp3) is 0.250. The van der Waals surface area contributed by atoms with Gasteiger partial charge in [-0.25, -0.2) is 0 Å². The molecule has 3 aromatic rings. The Bertz CT molecular complexity index is 1230. The van der Waals surface area contributed by atoms with Gasteiger partial charge in [0.25, 0.3) is 11.7 Å². The number of amides is 1. The molecule has 1 aliphatic rings. The predicted molar refractivity (Wildman–Crippen MR) is 135 cm³/mol. The van der Waals surface area contributed by atoms with Crippen molar-refractivity contribution in [1.82, 2.24) is 9.88 Å². The Morgan fingerprint density at radius 3 is 2.20 bits per heavy atom. The van der Waals surface area contributed by atoms with Crippen molar-refractivity contribution >= 4 is 23.1 Å². The average molecular weight is 472 g/mol. The zero-order valence-electron chi connectivity index (χ0n) is 20.3. The van der Waals surface area contributed by atoms with Crippen LogP contribution in [-0.2, 0) is 16.1 Å². The first-order valence-corrected chi connectivity index (χ1v) is 11.5. The number of likely N-dealkylation sites (tertiary alicyclic amines) is 1. The van der Waals surface area contributed by atoms with Crippen molar-refractivity contribution in [3.05, 3.63) is 95.3 Å². The lowest BCUT2D eigenvalue weighted by Crippen LogP contribution is -2.29.